The lowest BCUT2D eigenvalue weighted by Crippen LogP contribution is -2.09. The second kappa shape index (κ2) is 11.3. The van der Waals surface area contributed by atoms with Crippen molar-refractivity contribution in [1.29, 1.82) is 0 Å². The minimum Gasteiger partial charge on any atom is -0.426 e. The maximum atomic E-state index is 11.6. The van der Waals surface area contributed by atoms with E-state index in [9.17, 15) is 9.59 Å². The molecule has 0 spiro atoms. The van der Waals surface area contributed by atoms with Gasteiger partial charge in [0.2, 0.25) is 0 Å². The van der Waals surface area contributed by atoms with Crippen LogP contribution in [0.3, 0.4) is 0 Å². The summed E-state index contributed by atoms with van der Waals surface area (Å²) in [5, 5.41) is 0. The molecule has 0 aliphatic rings. The Hall–Kier alpha value is -1.26. The number of ether oxygens (including phenoxy) is 2. The normalized spacial score (nSPS) is 10.3. The number of rotatable bonds is 10. The van der Waals surface area contributed by atoms with Crippen molar-refractivity contribution in [1.82, 2.24) is 0 Å². The molecule has 1 aromatic rings. The van der Waals surface area contributed by atoms with Gasteiger partial charge < -0.3 is 9.47 Å². The minimum atomic E-state index is -0.323. The second-order valence-electron chi connectivity index (χ2n) is 4.72. The standard InChI is InChI=1S/C16H20Cl2O4/c17-10-3-1-8-15(19)21-13-6-5-7-14(12-13)22-16(20)9-2-4-11-18/h5-7,12H,1-4,8-11H2. The van der Waals surface area contributed by atoms with Crippen molar-refractivity contribution in [3.63, 3.8) is 0 Å². The van der Waals surface area contributed by atoms with Crippen LogP contribution in [-0.2, 0) is 9.59 Å². The summed E-state index contributed by atoms with van der Waals surface area (Å²) in [6.07, 6.45) is 3.56. The van der Waals surface area contributed by atoms with Crippen molar-refractivity contribution in [2.24, 2.45) is 0 Å². The third kappa shape index (κ3) is 8.25. The Morgan fingerprint density at radius 2 is 1.27 bits per heavy atom. The lowest BCUT2D eigenvalue weighted by Gasteiger charge is -2.07. The van der Waals surface area contributed by atoms with Crippen LogP contribution in [0.2, 0.25) is 0 Å². The van der Waals surface area contributed by atoms with Gasteiger partial charge in [0.05, 0.1) is 0 Å². The molecular weight excluding hydrogens is 327 g/mol. The Balaban J connectivity index is 2.44. The monoisotopic (exact) mass is 346 g/mol. The van der Waals surface area contributed by atoms with E-state index in [1.807, 2.05) is 0 Å². The molecule has 0 saturated carbocycles. The number of esters is 2. The summed E-state index contributed by atoms with van der Waals surface area (Å²) in [5.74, 6) is 1.14. The number of halogens is 2. The van der Waals surface area contributed by atoms with Crippen LogP contribution in [0.15, 0.2) is 24.3 Å². The molecule has 0 fully saturated rings. The number of hydrogen-bond donors (Lipinski definition) is 0. The molecule has 0 aliphatic carbocycles. The summed E-state index contributed by atoms with van der Waals surface area (Å²) in [6.45, 7) is 0. The molecule has 0 aromatic heterocycles. The molecule has 0 bridgehead atoms. The largest absolute Gasteiger partial charge is 0.426 e. The lowest BCUT2D eigenvalue weighted by molar-refractivity contribution is -0.134. The van der Waals surface area contributed by atoms with Gasteiger partial charge in [0.25, 0.3) is 0 Å². The number of alkyl halides is 2. The molecule has 0 aliphatic heterocycles. The molecule has 122 valence electrons. The minimum absolute atomic E-state index is 0.315. The highest BCUT2D eigenvalue weighted by atomic mass is 35.5. The fraction of sp³-hybridized carbons (Fsp3) is 0.500. The number of unbranched alkanes of at least 4 members (excludes halogenated alkanes) is 2. The number of hydrogen-bond acceptors (Lipinski definition) is 4. The second-order valence-corrected chi connectivity index (χ2v) is 5.47. The topological polar surface area (TPSA) is 52.6 Å². The molecule has 0 amide bonds. The molecule has 0 saturated heterocycles. The van der Waals surface area contributed by atoms with Crippen LogP contribution in [0.1, 0.15) is 38.5 Å². The smallest absolute Gasteiger partial charge is 0.311 e. The first-order valence-electron chi connectivity index (χ1n) is 7.29. The molecule has 0 heterocycles. The van der Waals surface area contributed by atoms with Gasteiger partial charge in [-0.3, -0.25) is 9.59 Å². The fourth-order valence-electron chi connectivity index (χ4n) is 1.69. The fourth-order valence-corrected chi connectivity index (χ4v) is 2.07. The average Bonchev–Trinajstić information content (AvgIpc) is 2.48. The van der Waals surface area contributed by atoms with E-state index in [4.69, 9.17) is 32.7 Å². The van der Waals surface area contributed by atoms with E-state index in [1.165, 1.54) is 6.07 Å². The average molecular weight is 347 g/mol. The first-order chi connectivity index (χ1) is 10.7. The van der Waals surface area contributed by atoms with E-state index in [1.54, 1.807) is 18.2 Å². The Labute approximate surface area is 140 Å². The van der Waals surface area contributed by atoms with E-state index < -0.39 is 0 Å². The van der Waals surface area contributed by atoms with Crippen LogP contribution in [0.5, 0.6) is 11.5 Å². The zero-order valence-electron chi connectivity index (χ0n) is 12.4. The third-order valence-electron chi connectivity index (χ3n) is 2.80. The van der Waals surface area contributed by atoms with Crippen LogP contribution in [0.4, 0.5) is 0 Å². The maximum Gasteiger partial charge on any atom is 0.311 e. The van der Waals surface area contributed by atoms with Crippen LogP contribution in [0, 0.1) is 0 Å². The van der Waals surface area contributed by atoms with Crippen LogP contribution < -0.4 is 9.47 Å². The molecule has 6 heteroatoms. The molecule has 0 radical (unpaired) electrons. The summed E-state index contributed by atoms with van der Waals surface area (Å²) in [5.41, 5.74) is 0. The van der Waals surface area contributed by atoms with Gasteiger partial charge in [0, 0.05) is 30.7 Å². The van der Waals surface area contributed by atoms with E-state index in [2.05, 4.69) is 0 Å². The van der Waals surface area contributed by atoms with Gasteiger partial charge in [-0.05, 0) is 37.8 Å². The van der Waals surface area contributed by atoms with Crippen molar-refractivity contribution >= 4 is 35.1 Å². The highest BCUT2D eigenvalue weighted by Gasteiger charge is 2.08. The van der Waals surface area contributed by atoms with E-state index in [-0.39, 0.29) is 11.9 Å². The summed E-state index contributed by atoms with van der Waals surface area (Å²) >= 11 is 11.1. The van der Waals surface area contributed by atoms with Gasteiger partial charge in [-0.25, -0.2) is 0 Å². The Kier molecular flexibility index (Phi) is 9.67. The van der Waals surface area contributed by atoms with Crippen LogP contribution >= 0.6 is 23.2 Å². The predicted molar refractivity (Wildman–Crippen MR) is 86.9 cm³/mol. The number of carbonyl (C=O) groups excluding carboxylic acids is 2. The maximum absolute atomic E-state index is 11.6. The number of carbonyl (C=O) groups is 2. The summed E-state index contributed by atoms with van der Waals surface area (Å²) in [7, 11) is 0. The summed E-state index contributed by atoms with van der Waals surface area (Å²) in [4.78, 5) is 23.2. The van der Waals surface area contributed by atoms with Crippen LogP contribution in [-0.4, -0.2) is 23.7 Å². The van der Waals surface area contributed by atoms with Crippen molar-refractivity contribution in [2.75, 3.05) is 11.8 Å². The van der Waals surface area contributed by atoms with Crippen molar-refractivity contribution in [2.45, 2.75) is 38.5 Å². The van der Waals surface area contributed by atoms with Gasteiger partial charge in [-0.1, -0.05) is 6.07 Å². The highest BCUT2D eigenvalue weighted by molar-refractivity contribution is 6.18. The highest BCUT2D eigenvalue weighted by Crippen LogP contribution is 2.20. The quantitative estimate of drug-likeness (QED) is 0.274. The summed E-state index contributed by atoms with van der Waals surface area (Å²) in [6, 6.07) is 6.48. The molecule has 0 unspecified atom stereocenters. The molecule has 1 aromatic carbocycles. The Bertz CT molecular complexity index is 438. The van der Waals surface area contributed by atoms with E-state index >= 15 is 0 Å². The van der Waals surface area contributed by atoms with Crippen molar-refractivity contribution in [3.8, 4) is 11.5 Å². The zero-order valence-corrected chi connectivity index (χ0v) is 13.9. The van der Waals surface area contributed by atoms with Gasteiger partial charge in [-0.15, -0.1) is 23.2 Å². The first kappa shape index (κ1) is 18.8. The predicted octanol–water partition coefficient (Wildman–Crippen LogP) is 4.32. The molecule has 0 atom stereocenters. The van der Waals surface area contributed by atoms with Gasteiger partial charge in [0.15, 0.2) is 0 Å². The first-order valence-corrected chi connectivity index (χ1v) is 8.36. The SMILES string of the molecule is O=C(CCCCCl)Oc1cccc(OC(=O)CCCCCl)c1. The van der Waals surface area contributed by atoms with E-state index in [0.29, 0.717) is 48.9 Å². The van der Waals surface area contributed by atoms with Crippen molar-refractivity contribution in [3.05, 3.63) is 24.3 Å². The van der Waals surface area contributed by atoms with Crippen LogP contribution in [0.25, 0.3) is 0 Å². The Morgan fingerprint density at radius 3 is 1.68 bits per heavy atom. The third-order valence-corrected chi connectivity index (χ3v) is 3.33. The van der Waals surface area contributed by atoms with E-state index in [0.717, 1.165) is 12.8 Å². The van der Waals surface area contributed by atoms with Gasteiger partial charge in [0.1, 0.15) is 11.5 Å². The molecule has 1 rings (SSSR count). The zero-order chi connectivity index (χ0) is 16.2. The Morgan fingerprint density at radius 1 is 0.818 bits per heavy atom. The molecule has 4 nitrogen and oxygen atoms in total. The summed E-state index contributed by atoms with van der Waals surface area (Å²) < 4.78 is 10.4. The van der Waals surface area contributed by atoms with Crippen molar-refractivity contribution < 1.29 is 19.1 Å². The van der Waals surface area contributed by atoms with Gasteiger partial charge >= 0.3 is 11.9 Å². The molecular formula is C16H20Cl2O4. The lowest BCUT2D eigenvalue weighted by atomic mass is 10.2. The number of benzene rings is 1. The molecule has 22 heavy (non-hydrogen) atoms. The molecule has 0 N–H and O–H groups in total. The van der Waals surface area contributed by atoms with Gasteiger partial charge in [-0.2, -0.15) is 0 Å².